The lowest BCUT2D eigenvalue weighted by Gasteiger charge is -2.26. The van der Waals surface area contributed by atoms with E-state index in [1.54, 1.807) is 29.8 Å². The highest BCUT2D eigenvalue weighted by molar-refractivity contribution is 7.07. The lowest BCUT2D eigenvalue weighted by Crippen LogP contribution is -2.50. The van der Waals surface area contributed by atoms with Gasteiger partial charge in [-0.15, -0.1) is 11.3 Å². The molecular formula is C19H21N3O3S. The maximum absolute atomic E-state index is 12.8. The first kappa shape index (κ1) is 18.3. The Hall–Kier alpha value is -2.54. The second kappa shape index (κ2) is 7.78. The van der Waals surface area contributed by atoms with Crippen LogP contribution in [0, 0.1) is 5.92 Å². The largest absolute Gasteiger partial charge is 0.354 e. The lowest BCUT2D eigenvalue weighted by atomic mass is 10.0. The number of hydrogen-bond donors (Lipinski definition) is 1. The van der Waals surface area contributed by atoms with E-state index in [1.807, 2.05) is 19.2 Å². The molecule has 0 saturated carbocycles. The van der Waals surface area contributed by atoms with Crippen molar-refractivity contribution in [1.82, 2.24) is 15.2 Å². The fourth-order valence-corrected chi connectivity index (χ4v) is 3.65. The molecule has 0 fully saturated rings. The number of amides is 3. The van der Waals surface area contributed by atoms with Crippen LogP contribution in [-0.4, -0.2) is 40.2 Å². The highest BCUT2D eigenvalue weighted by Crippen LogP contribution is 2.27. The summed E-state index contributed by atoms with van der Waals surface area (Å²) in [7, 11) is 0. The summed E-state index contributed by atoms with van der Waals surface area (Å²) in [5.74, 6) is -0.936. The first-order valence-corrected chi connectivity index (χ1v) is 9.55. The van der Waals surface area contributed by atoms with Gasteiger partial charge in [-0.25, -0.2) is 4.98 Å². The number of aromatic nitrogens is 1. The Balaban J connectivity index is 1.74. The van der Waals surface area contributed by atoms with Gasteiger partial charge in [0.1, 0.15) is 6.04 Å². The molecule has 26 heavy (non-hydrogen) atoms. The van der Waals surface area contributed by atoms with Crippen molar-refractivity contribution in [2.75, 3.05) is 6.54 Å². The van der Waals surface area contributed by atoms with Gasteiger partial charge in [-0.05, 0) is 24.5 Å². The van der Waals surface area contributed by atoms with E-state index in [4.69, 9.17) is 0 Å². The summed E-state index contributed by atoms with van der Waals surface area (Å²) in [5.41, 5.74) is 3.39. The van der Waals surface area contributed by atoms with Crippen LogP contribution in [0.15, 0.2) is 35.2 Å². The van der Waals surface area contributed by atoms with Gasteiger partial charge in [0, 0.05) is 18.3 Å². The normalized spacial score (nSPS) is 14.7. The zero-order valence-electron chi connectivity index (χ0n) is 14.8. The zero-order valence-corrected chi connectivity index (χ0v) is 15.6. The Morgan fingerprint density at radius 2 is 1.85 bits per heavy atom. The van der Waals surface area contributed by atoms with E-state index in [9.17, 15) is 14.4 Å². The predicted molar refractivity (Wildman–Crippen MR) is 99.0 cm³/mol. The SMILES string of the molecule is CC(C)CC(C(=O)NCCc1cscn1)N1C(=O)c2ccccc2C1=O. The van der Waals surface area contributed by atoms with Crippen LogP contribution in [0.4, 0.5) is 0 Å². The van der Waals surface area contributed by atoms with Crippen LogP contribution in [0.2, 0.25) is 0 Å². The number of carbonyl (C=O) groups excluding carboxylic acids is 3. The van der Waals surface area contributed by atoms with Gasteiger partial charge in [-0.2, -0.15) is 0 Å². The summed E-state index contributed by atoms with van der Waals surface area (Å²) in [6, 6.07) is 5.89. The van der Waals surface area contributed by atoms with Crippen molar-refractivity contribution in [1.29, 1.82) is 0 Å². The molecule has 7 heteroatoms. The number of rotatable bonds is 7. The van der Waals surface area contributed by atoms with E-state index >= 15 is 0 Å². The first-order chi connectivity index (χ1) is 12.5. The van der Waals surface area contributed by atoms with Gasteiger partial charge in [-0.1, -0.05) is 26.0 Å². The number of thiazole rings is 1. The summed E-state index contributed by atoms with van der Waals surface area (Å²) >= 11 is 1.51. The molecule has 2 heterocycles. The molecule has 1 unspecified atom stereocenters. The van der Waals surface area contributed by atoms with E-state index in [-0.39, 0.29) is 11.8 Å². The quantitative estimate of drug-likeness (QED) is 0.759. The van der Waals surface area contributed by atoms with Crippen molar-refractivity contribution in [2.24, 2.45) is 5.92 Å². The molecule has 0 saturated heterocycles. The van der Waals surface area contributed by atoms with E-state index in [1.165, 1.54) is 11.3 Å². The first-order valence-electron chi connectivity index (χ1n) is 8.60. The Bertz CT molecular complexity index is 782. The van der Waals surface area contributed by atoms with Gasteiger partial charge in [0.25, 0.3) is 11.8 Å². The number of nitrogens with zero attached hydrogens (tertiary/aromatic N) is 2. The Labute approximate surface area is 156 Å². The van der Waals surface area contributed by atoms with Crippen molar-refractivity contribution in [3.05, 3.63) is 52.0 Å². The van der Waals surface area contributed by atoms with Crippen molar-refractivity contribution in [3.8, 4) is 0 Å². The Morgan fingerprint density at radius 3 is 2.38 bits per heavy atom. The van der Waals surface area contributed by atoms with Crippen LogP contribution in [0.3, 0.4) is 0 Å². The molecule has 6 nitrogen and oxygen atoms in total. The second-order valence-electron chi connectivity index (χ2n) is 6.69. The maximum Gasteiger partial charge on any atom is 0.262 e. The average molecular weight is 371 g/mol. The van der Waals surface area contributed by atoms with E-state index < -0.39 is 17.9 Å². The average Bonchev–Trinajstić information content (AvgIpc) is 3.21. The lowest BCUT2D eigenvalue weighted by molar-refractivity contribution is -0.125. The van der Waals surface area contributed by atoms with Crippen LogP contribution in [0.1, 0.15) is 46.7 Å². The minimum Gasteiger partial charge on any atom is -0.354 e. The van der Waals surface area contributed by atoms with E-state index in [0.29, 0.717) is 30.5 Å². The van der Waals surface area contributed by atoms with E-state index in [0.717, 1.165) is 10.6 Å². The van der Waals surface area contributed by atoms with Crippen LogP contribution in [0.25, 0.3) is 0 Å². The summed E-state index contributed by atoms with van der Waals surface area (Å²) in [5, 5.41) is 4.78. The van der Waals surface area contributed by atoms with Crippen LogP contribution < -0.4 is 5.32 Å². The van der Waals surface area contributed by atoms with Crippen molar-refractivity contribution >= 4 is 29.1 Å². The third kappa shape index (κ3) is 3.67. The summed E-state index contributed by atoms with van der Waals surface area (Å²) < 4.78 is 0. The zero-order chi connectivity index (χ0) is 18.7. The van der Waals surface area contributed by atoms with Gasteiger partial charge in [0.15, 0.2) is 0 Å². The molecule has 1 aliphatic rings. The van der Waals surface area contributed by atoms with Crippen molar-refractivity contribution in [3.63, 3.8) is 0 Å². The number of imide groups is 1. The molecule has 1 aromatic heterocycles. The molecule has 1 aliphatic heterocycles. The van der Waals surface area contributed by atoms with Gasteiger partial charge in [-0.3, -0.25) is 19.3 Å². The number of carbonyl (C=O) groups is 3. The summed E-state index contributed by atoms with van der Waals surface area (Å²) in [6.07, 6.45) is 1.04. The molecule has 136 valence electrons. The minimum absolute atomic E-state index is 0.161. The molecule has 1 aromatic carbocycles. The molecule has 1 atom stereocenters. The molecule has 3 amide bonds. The highest BCUT2D eigenvalue weighted by Gasteiger charge is 2.42. The van der Waals surface area contributed by atoms with Gasteiger partial charge < -0.3 is 5.32 Å². The highest BCUT2D eigenvalue weighted by atomic mass is 32.1. The second-order valence-corrected chi connectivity index (χ2v) is 7.41. The van der Waals surface area contributed by atoms with Gasteiger partial charge in [0.2, 0.25) is 5.91 Å². The molecule has 0 spiro atoms. The Morgan fingerprint density at radius 1 is 1.19 bits per heavy atom. The fourth-order valence-electron chi connectivity index (χ4n) is 3.06. The smallest absolute Gasteiger partial charge is 0.262 e. The third-order valence-electron chi connectivity index (χ3n) is 4.30. The summed E-state index contributed by atoms with van der Waals surface area (Å²) in [6.45, 7) is 4.35. The third-order valence-corrected chi connectivity index (χ3v) is 4.93. The van der Waals surface area contributed by atoms with Gasteiger partial charge in [0.05, 0.1) is 22.3 Å². The number of benzene rings is 1. The van der Waals surface area contributed by atoms with Crippen molar-refractivity contribution in [2.45, 2.75) is 32.7 Å². The molecule has 2 aromatic rings. The number of hydrogen-bond acceptors (Lipinski definition) is 5. The molecule has 0 bridgehead atoms. The van der Waals surface area contributed by atoms with Gasteiger partial charge >= 0.3 is 0 Å². The molecule has 1 N–H and O–H groups in total. The fraction of sp³-hybridized carbons (Fsp3) is 0.368. The molecular weight excluding hydrogens is 350 g/mol. The topological polar surface area (TPSA) is 79.4 Å². The summed E-state index contributed by atoms with van der Waals surface area (Å²) in [4.78, 5) is 43.5. The molecule has 3 rings (SSSR count). The van der Waals surface area contributed by atoms with Crippen molar-refractivity contribution < 1.29 is 14.4 Å². The molecule has 0 aliphatic carbocycles. The predicted octanol–water partition coefficient (Wildman–Crippen LogP) is 2.51. The number of nitrogens with one attached hydrogen (secondary N) is 1. The Kier molecular flexibility index (Phi) is 5.46. The number of fused-ring (bicyclic) bond motifs is 1. The standard InChI is InChI=1S/C19H21N3O3S/c1-12(2)9-16(17(23)20-8-7-13-10-26-11-21-13)22-18(24)14-5-3-4-6-15(14)19(22)25/h3-6,10-12,16H,7-9H2,1-2H3,(H,20,23). The molecule has 0 radical (unpaired) electrons. The maximum atomic E-state index is 12.8. The van der Waals surface area contributed by atoms with Crippen LogP contribution in [0.5, 0.6) is 0 Å². The van der Waals surface area contributed by atoms with E-state index in [2.05, 4.69) is 10.3 Å². The monoisotopic (exact) mass is 371 g/mol. The van der Waals surface area contributed by atoms with Crippen LogP contribution in [-0.2, 0) is 11.2 Å². The van der Waals surface area contributed by atoms with Crippen LogP contribution >= 0.6 is 11.3 Å². The minimum atomic E-state index is -0.808.